The van der Waals surface area contributed by atoms with Gasteiger partial charge in [-0.25, -0.2) is 4.99 Å². The number of guanidine groups is 1. The fraction of sp³-hybridized carbons (Fsp3) is 0.417. The Balaban J connectivity index is 0.00000363. The molecule has 3 rings (SSSR count). The van der Waals surface area contributed by atoms with E-state index in [4.69, 9.17) is 9.73 Å². The van der Waals surface area contributed by atoms with Crippen LogP contribution in [0.2, 0.25) is 0 Å². The lowest BCUT2D eigenvalue weighted by Gasteiger charge is -2.28. The smallest absolute Gasteiger partial charge is 0.253 e. The highest BCUT2D eigenvalue weighted by Gasteiger charge is 2.11. The van der Waals surface area contributed by atoms with Crippen molar-refractivity contribution in [3.63, 3.8) is 0 Å². The van der Waals surface area contributed by atoms with Gasteiger partial charge in [0, 0.05) is 51.5 Å². The number of nitrogens with one attached hydrogen (secondary N) is 2. The van der Waals surface area contributed by atoms with Gasteiger partial charge in [0.1, 0.15) is 0 Å². The maximum absolute atomic E-state index is 12.0. The molecular formula is C24H34IN5O2. The van der Waals surface area contributed by atoms with Gasteiger partial charge in [0.2, 0.25) is 0 Å². The second kappa shape index (κ2) is 13.3. The summed E-state index contributed by atoms with van der Waals surface area (Å²) in [7, 11) is 3.51. The van der Waals surface area contributed by atoms with Crippen molar-refractivity contribution in [3.05, 3.63) is 65.2 Å². The van der Waals surface area contributed by atoms with Gasteiger partial charge >= 0.3 is 0 Å². The highest BCUT2D eigenvalue weighted by Crippen LogP contribution is 2.17. The van der Waals surface area contributed by atoms with Crippen molar-refractivity contribution in [2.45, 2.75) is 20.0 Å². The first kappa shape index (κ1) is 25.9. The number of hydrogen-bond donors (Lipinski definition) is 2. The summed E-state index contributed by atoms with van der Waals surface area (Å²) in [6, 6.07) is 16.3. The third-order valence-electron chi connectivity index (χ3n) is 5.14. The molecule has 1 amide bonds. The van der Waals surface area contributed by atoms with E-state index in [1.807, 2.05) is 24.3 Å². The van der Waals surface area contributed by atoms with E-state index in [1.165, 1.54) is 11.3 Å². The minimum absolute atomic E-state index is 0. The molecule has 0 radical (unpaired) electrons. The van der Waals surface area contributed by atoms with Crippen LogP contribution in [0, 0.1) is 0 Å². The summed E-state index contributed by atoms with van der Waals surface area (Å²) in [5, 5.41) is 6.65. The Labute approximate surface area is 208 Å². The van der Waals surface area contributed by atoms with E-state index in [1.54, 1.807) is 19.0 Å². The number of anilines is 1. The number of rotatable bonds is 7. The zero-order valence-corrected chi connectivity index (χ0v) is 21.5. The number of hydrogen-bond acceptors (Lipinski definition) is 4. The highest BCUT2D eigenvalue weighted by atomic mass is 127. The van der Waals surface area contributed by atoms with Crippen molar-refractivity contribution in [3.8, 4) is 0 Å². The molecule has 0 saturated carbocycles. The minimum atomic E-state index is 0. The first-order chi connectivity index (χ1) is 15.1. The summed E-state index contributed by atoms with van der Waals surface area (Å²) in [4.78, 5) is 20.6. The van der Waals surface area contributed by atoms with Crippen LogP contribution in [-0.4, -0.2) is 63.7 Å². The average molecular weight is 551 g/mol. The van der Waals surface area contributed by atoms with E-state index in [-0.39, 0.29) is 29.9 Å². The predicted octanol–water partition coefficient (Wildman–Crippen LogP) is 3.10. The summed E-state index contributed by atoms with van der Waals surface area (Å²) >= 11 is 0. The summed E-state index contributed by atoms with van der Waals surface area (Å²) < 4.78 is 5.42. The zero-order chi connectivity index (χ0) is 22.1. The number of ether oxygens (including phenoxy) is 1. The van der Waals surface area contributed by atoms with E-state index in [0.29, 0.717) is 18.7 Å². The van der Waals surface area contributed by atoms with Crippen LogP contribution in [0.5, 0.6) is 0 Å². The number of aliphatic imine (C=N–C) groups is 1. The topological polar surface area (TPSA) is 69.2 Å². The van der Waals surface area contributed by atoms with Crippen LogP contribution in [-0.2, 0) is 17.8 Å². The van der Waals surface area contributed by atoms with Crippen molar-refractivity contribution in [2.24, 2.45) is 4.99 Å². The monoisotopic (exact) mass is 551 g/mol. The molecule has 0 aliphatic carbocycles. The molecule has 1 aliphatic heterocycles. The van der Waals surface area contributed by atoms with Crippen molar-refractivity contribution in [1.82, 2.24) is 15.5 Å². The fourth-order valence-electron chi connectivity index (χ4n) is 3.35. The molecule has 174 valence electrons. The summed E-state index contributed by atoms with van der Waals surface area (Å²) in [6.45, 7) is 7.55. The minimum Gasteiger partial charge on any atom is -0.378 e. The first-order valence-electron chi connectivity index (χ1n) is 10.8. The standard InChI is InChI=1S/C24H33N5O2.HI/c1-4-25-24(26-17-19-5-9-21(10-6-19)23(30)28(2)3)27-18-20-7-11-22(12-8-20)29-13-15-31-16-14-29;/h5-12H,4,13-18H2,1-3H3,(H2,25,26,27);1H. The third-order valence-corrected chi connectivity index (χ3v) is 5.14. The fourth-order valence-corrected chi connectivity index (χ4v) is 3.35. The third kappa shape index (κ3) is 7.67. The van der Waals surface area contributed by atoms with Crippen molar-refractivity contribution >= 4 is 41.5 Å². The van der Waals surface area contributed by atoms with Crippen LogP contribution in [0.4, 0.5) is 5.69 Å². The Hall–Kier alpha value is -2.33. The van der Waals surface area contributed by atoms with Gasteiger partial charge in [-0.3, -0.25) is 4.79 Å². The molecule has 2 aromatic carbocycles. The van der Waals surface area contributed by atoms with E-state index in [9.17, 15) is 4.79 Å². The number of benzene rings is 2. The lowest BCUT2D eigenvalue weighted by molar-refractivity contribution is 0.0827. The van der Waals surface area contributed by atoms with Gasteiger partial charge in [-0.15, -0.1) is 24.0 Å². The summed E-state index contributed by atoms with van der Waals surface area (Å²) in [5.41, 5.74) is 4.18. The normalized spacial score (nSPS) is 13.8. The SMILES string of the molecule is CCNC(=NCc1ccc(N2CCOCC2)cc1)NCc1ccc(C(=O)N(C)C)cc1.I. The number of halogens is 1. The number of carbonyl (C=O) groups excluding carboxylic acids is 1. The second-order valence-electron chi connectivity index (χ2n) is 7.71. The van der Waals surface area contributed by atoms with Crippen LogP contribution in [0.3, 0.4) is 0 Å². The number of morpholine rings is 1. The summed E-state index contributed by atoms with van der Waals surface area (Å²) in [6.07, 6.45) is 0. The second-order valence-corrected chi connectivity index (χ2v) is 7.71. The first-order valence-corrected chi connectivity index (χ1v) is 10.8. The summed E-state index contributed by atoms with van der Waals surface area (Å²) in [5.74, 6) is 0.780. The van der Waals surface area contributed by atoms with Crippen molar-refractivity contribution < 1.29 is 9.53 Å². The van der Waals surface area contributed by atoms with E-state index in [0.717, 1.165) is 44.4 Å². The number of nitrogens with zero attached hydrogens (tertiary/aromatic N) is 3. The molecule has 1 saturated heterocycles. The van der Waals surface area contributed by atoms with Crippen LogP contribution in [0.1, 0.15) is 28.4 Å². The molecule has 8 heteroatoms. The Morgan fingerprint density at radius 1 is 1.00 bits per heavy atom. The molecule has 2 N–H and O–H groups in total. The molecule has 0 aromatic heterocycles. The Morgan fingerprint density at radius 2 is 1.62 bits per heavy atom. The van der Waals surface area contributed by atoms with Gasteiger partial charge in [-0.1, -0.05) is 24.3 Å². The maximum Gasteiger partial charge on any atom is 0.253 e. The predicted molar refractivity (Wildman–Crippen MR) is 141 cm³/mol. The van der Waals surface area contributed by atoms with E-state index < -0.39 is 0 Å². The zero-order valence-electron chi connectivity index (χ0n) is 19.1. The van der Waals surface area contributed by atoms with Crippen molar-refractivity contribution in [2.75, 3.05) is 51.8 Å². The number of amides is 1. The maximum atomic E-state index is 12.0. The quantitative estimate of drug-likeness (QED) is 0.315. The molecule has 0 atom stereocenters. The Kier molecular flexibility index (Phi) is 10.8. The van der Waals surface area contributed by atoms with Crippen LogP contribution in [0.25, 0.3) is 0 Å². The highest BCUT2D eigenvalue weighted by molar-refractivity contribution is 14.0. The van der Waals surface area contributed by atoms with Crippen LogP contribution >= 0.6 is 24.0 Å². The molecule has 1 heterocycles. The molecule has 2 aromatic rings. The van der Waals surface area contributed by atoms with Gasteiger partial charge < -0.3 is 25.2 Å². The average Bonchev–Trinajstić information content (AvgIpc) is 2.81. The van der Waals surface area contributed by atoms with Crippen LogP contribution in [0.15, 0.2) is 53.5 Å². The molecule has 0 spiro atoms. The largest absolute Gasteiger partial charge is 0.378 e. The van der Waals surface area contributed by atoms with E-state index >= 15 is 0 Å². The van der Waals surface area contributed by atoms with Gasteiger partial charge in [-0.2, -0.15) is 0 Å². The van der Waals surface area contributed by atoms with Gasteiger partial charge in [0.25, 0.3) is 5.91 Å². The molecule has 0 unspecified atom stereocenters. The number of carbonyl (C=O) groups is 1. The molecular weight excluding hydrogens is 517 g/mol. The Bertz CT molecular complexity index is 863. The molecule has 7 nitrogen and oxygen atoms in total. The van der Waals surface area contributed by atoms with Gasteiger partial charge in [0.15, 0.2) is 5.96 Å². The van der Waals surface area contributed by atoms with Gasteiger partial charge in [-0.05, 0) is 42.3 Å². The van der Waals surface area contributed by atoms with Crippen LogP contribution < -0.4 is 15.5 Å². The lowest BCUT2D eigenvalue weighted by atomic mass is 10.1. The molecule has 0 bridgehead atoms. The van der Waals surface area contributed by atoms with Gasteiger partial charge in [0.05, 0.1) is 19.8 Å². The molecule has 32 heavy (non-hydrogen) atoms. The molecule has 1 aliphatic rings. The molecule has 1 fully saturated rings. The van der Waals surface area contributed by atoms with Crippen molar-refractivity contribution in [1.29, 1.82) is 0 Å². The van der Waals surface area contributed by atoms with E-state index in [2.05, 4.69) is 46.7 Å². The Morgan fingerprint density at radius 3 is 2.22 bits per heavy atom. The lowest BCUT2D eigenvalue weighted by Crippen LogP contribution is -2.36.